The summed E-state index contributed by atoms with van der Waals surface area (Å²) >= 11 is 0. The molecule has 3 rings (SSSR count). The zero-order chi connectivity index (χ0) is 16.4. The van der Waals surface area contributed by atoms with Gasteiger partial charge in [-0.1, -0.05) is 38.1 Å². The maximum atomic E-state index is 12.6. The molecule has 1 heterocycles. The van der Waals surface area contributed by atoms with Crippen molar-refractivity contribution in [2.24, 2.45) is 5.92 Å². The summed E-state index contributed by atoms with van der Waals surface area (Å²) in [6.45, 7) is 4.97. The smallest absolute Gasteiger partial charge is 0.239 e. The van der Waals surface area contributed by atoms with Gasteiger partial charge in [0.15, 0.2) is 5.43 Å². The van der Waals surface area contributed by atoms with Gasteiger partial charge in [-0.2, -0.15) is 0 Å². The topological polar surface area (TPSA) is 51.1 Å². The predicted octanol–water partition coefficient (Wildman–Crippen LogP) is 2.93. The minimum Gasteiger partial charge on any atom is -0.354 e. The van der Waals surface area contributed by atoms with Crippen LogP contribution >= 0.6 is 0 Å². The first-order valence-electron chi connectivity index (χ1n) is 7.85. The Morgan fingerprint density at radius 2 is 1.52 bits per heavy atom. The number of pyridine rings is 1. The van der Waals surface area contributed by atoms with Gasteiger partial charge in [0, 0.05) is 17.3 Å². The van der Waals surface area contributed by atoms with Crippen LogP contribution in [0.3, 0.4) is 0 Å². The second-order valence-electron chi connectivity index (χ2n) is 6.15. The number of nitrogens with one attached hydrogen (secondary N) is 1. The number of hydrogen-bond acceptors (Lipinski definition) is 2. The van der Waals surface area contributed by atoms with E-state index in [1.165, 1.54) is 0 Å². The van der Waals surface area contributed by atoms with Crippen LogP contribution in [0.2, 0.25) is 0 Å². The number of benzene rings is 2. The number of aromatic nitrogens is 1. The highest BCUT2D eigenvalue weighted by atomic mass is 16.2. The van der Waals surface area contributed by atoms with Gasteiger partial charge in [0.05, 0.1) is 11.0 Å². The first-order chi connectivity index (χ1) is 11.1. The number of rotatable bonds is 4. The second-order valence-corrected chi connectivity index (χ2v) is 6.15. The third-order valence-corrected chi connectivity index (χ3v) is 3.89. The van der Waals surface area contributed by atoms with Crippen LogP contribution in [0.5, 0.6) is 0 Å². The zero-order valence-electron chi connectivity index (χ0n) is 13.4. The van der Waals surface area contributed by atoms with E-state index in [4.69, 9.17) is 0 Å². The van der Waals surface area contributed by atoms with E-state index in [9.17, 15) is 9.59 Å². The molecule has 4 heteroatoms. The summed E-state index contributed by atoms with van der Waals surface area (Å²) < 4.78 is 1.92. The lowest BCUT2D eigenvalue weighted by Gasteiger charge is -2.15. The third kappa shape index (κ3) is 2.97. The predicted molar refractivity (Wildman–Crippen MR) is 93.6 cm³/mol. The number of amides is 1. The first kappa shape index (κ1) is 15.3. The molecule has 0 aliphatic heterocycles. The molecular weight excluding hydrogens is 288 g/mol. The first-order valence-corrected chi connectivity index (χ1v) is 7.85. The van der Waals surface area contributed by atoms with Crippen LogP contribution in [0.25, 0.3) is 21.8 Å². The molecule has 23 heavy (non-hydrogen) atoms. The van der Waals surface area contributed by atoms with Crippen molar-refractivity contribution in [2.45, 2.75) is 20.4 Å². The lowest BCUT2D eigenvalue weighted by Crippen LogP contribution is -2.31. The summed E-state index contributed by atoms with van der Waals surface area (Å²) in [6.07, 6.45) is 0. The molecule has 0 aliphatic carbocycles. The van der Waals surface area contributed by atoms with Crippen molar-refractivity contribution in [1.82, 2.24) is 9.88 Å². The largest absolute Gasteiger partial charge is 0.354 e. The van der Waals surface area contributed by atoms with Gasteiger partial charge in [0.25, 0.3) is 0 Å². The number of nitrogens with zero attached hydrogens (tertiary/aromatic N) is 1. The van der Waals surface area contributed by atoms with Gasteiger partial charge >= 0.3 is 0 Å². The number of para-hydroxylation sites is 2. The van der Waals surface area contributed by atoms with Crippen molar-refractivity contribution < 1.29 is 4.79 Å². The monoisotopic (exact) mass is 308 g/mol. The van der Waals surface area contributed by atoms with Crippen molar-refractivity contribution in [2.75, 3.05) is 6.54 Å². The zero-order valence-corrected chi connectivity index (χ0v) is 13.4. The summed E-state index contributed by atoms with van der Waals surface area (Å²) in [6, 6.07) is 14.9. The summed E-state index contributed by atoms with van der Waals surface area (Å²) in [5, 5.41) is 4.22. The maximum Gasteiger partial charge on any atom is 0.239 e. The summed E-state index contributed by atoms with van der Waals surface area (Å²) in [7, 11) is 0. The molecule has 0 spiro atoms. The molecular formula is C19H20N2O2. The highest BCUT2D eigenvalue weighted by molar-refractivity contribution is 5.94. The lowest BCUT2D eigenvalue weighted by atomic mass is 10.1. The van der Waals surface area contributed by atoms with Gasteiger partial charge in [-0.3, -0.25) is 9.59 Å². The average Bonchev–Trinajstić information content (AvgIpc) is 2.57. The van der Waals surface area contributed by atoms with E-state index in [0.29, 0.717) is 23.2 Å². The molecule has 0 aliphatic rings. The Morgan fingerprint density at radius 1 is 1.00 bits per heavy atom. The van der Waals surface area contributed by atoms with E-state index in [2.05, 4.69) is 19.2 Å². The van der Waals surface area contributed by atoms with Crippen molar-refractivity contribution >= 4 is 27.7 Å². The van der Waals surface area contributed by atoms with Crippen LogP contribution in [0.15, 0.2) is 53.3 Å². The Labute approximate surface area is 134 Å². The summed E-state index contributed by atoms with van der Waals surface area (Å²) in [5.74, 6) is 0.360. The average molecular weight is 308 g/mol. The molecule has 0 fully saturated rings. The van der Waals surface area contributed by atoms with Gasteiger partial charge in [-0.15, -0.1) is 0 Å². The van der Waals surface area contributed by atoms with Crippen LogP contribution in [-0.4, -0.2) is 17.0 Å². The number of carbonyl (C=O) groups is 1. The Balaban J connectivity index is 2.15. The van der Waals surface area contributed by atoms with Gasteiger partial charge < -0.3 is 9.88 Å². The summed E-state index contributed by atoms with van der Waals surface area (Å²) in [5.41, 5.74) is 1.59. The van der Waals surface area contributed by atoms with Gasteiger partial charge in [-0.25, -0.2) is 0 Å². The Kier molecular flexibility index (Phi) is 4.15. The van der Waals surface area contributed by atoms with Crippen LogP contribution in [0, 0.1) is 5.92 Å². The third-order valence-electron chi connectivity index (χ3n) is 3.89. The molecule has 0 radical (unpaired) electrons. The molecule has 118 valence electrons. The van der Waals surface area contributed by atoms with E-state index in [-0.39, 0.29) is 17.9 Å². The number of carbonyl (C=O) groups excluding carboxylic acids is 1. The fourth-order valence-corrected chi connectivity index (χ4v) is 2.76. The molecule has 0 saturated heterocycles. The molecule has 0 bridgehead atoms. The summed E-state index contributed by atoms with van der Waals surface area (Å²) in [4.78, 5) is 24.9. The molecule has 0 atom stereocenters. The minimum atomic E-state index is -0.0438. The maximum absolute atomic E-state index is 12.6. The molecule has 0 saturated carbocycles. The van der Waals surface area contributed by atoms with Crippen molar-refractivity contribution in [3.8, 4) is 0 Å². The van der Waals surface area contributed by atoms with E-state index >= 15 is 0 Å². The fraction of sp³-hybridized carbons (Fsp3) is 0.263. The van der Waals surface area contributed by atoms with E-state index < -0.39 is 0 Å². The van der Waals surface area contributed by atoms with Gasteiger partial charge in [0.1, 0.15) is 6.54 Å². The van der Waals surface area contributed by atoms with Gasteiger partial charge in [-0.05, 0) is 30.2 Å². The Morgan fingerprint density at radius 3 is 2.04 bits per heavy atom. The second kappa shape index (κ2) is 6.24. The quantitative estimate of drug-likeness (QED) is 0.753. The van der Waals surface area contributed by atoms with Crippen LogP contribution in [-0.2, 0) is 11.3 Å². The van der Waals surface area contributed by atoms with Crippen LogP contribution < -0.4 is 10.7 Å². The van der Waals surface area contributed by atoms with Crippen molar-refractivity contribution in [3.05, 3.63) is 58.8 Å². The number of hydrogen-bond donors (Lipinski definition) is 1. The SMILES string of the molecule is CC(C)CNC(=O)Cn1c2ccccc2c(=O)c2ccccc21. The molecule has 1 aromatic heterocycles. The molecule has 2 aromatic carbocycles. The lowest BCUT2D eigenvalue weighted by molar-refractivity contribution is -0.121. The Bertz CT molecular complexity index is 865. The normalized spacial score (nSPS) is 11.3. The molecule has 1 N–H and O–H groups in total. The Hall–Kier alpha value is -2.62. The fourth-order valence-electron chi connectivity index (χ4n) is 2.76. The molecule has 4 nitrogen and oxygen atoms in total. The molecule has 3 aromatic rings. The van der Waals surface area contributed by atoms with E-state index in [1.54, 1.807) is 0 Å². The van der Waals surface area contributed by atoms with Crippen LogP contribution in [0.1, 0.15) is 13.8 Å². The molecule has 0 unspecified atom stereocenters. The minimum absolute atomic E-state index is 0.00929. The highest BCUT2D eigenvalue weighted by Gasteiger charge is 2.12. The van der Waals surface area contributed by atoms with E-state index in [1.807, 2.05) is 53.1 Å². The van der Waals surface area contributed by atoms with E-state index in [0.717, 1.165) is 11.0 Å². The van der Waals surface area contributed by atoms with Gasteiger partial charge in [0.2, 0.25) is 5.91 Å². The highest BCUT2D eigenvalue weighted by Crippen LogP contribution is 2.18. The van der Waals surface area contributed by atoms with Crippen LogP contribution in [0.4, 0.5) is 0 Å². The van der Waals surface area contributed by atoms with Crippen molar-refractivity contribution in [1.29, 1.82) is 0 Å². The standard InChI is InChI=1S/C19H20N2O2/c1-13(2)11-20-18(22)12-21-16-9-5-3-7-14(16)19(23)15-8-4-6-10-17(15)21/h3-10,13H,11-12H2,1-2H3,(H,20,22). The van der Waals surface area contributed by atoms with Crippen molar-refractivity contribution in [3.63, 3.8) is 0 Å². The molecule has 1 amide bonds. The number of fused-ring (bicyclic) bond motifs is 2.